The number of nitrogens with zero attached hydrogens (tertiary/aromatic N) is 2. The van der Waals surface area contributed by atoms with Gasteiger partial charge in [-0.25, -0.2) is 0 Å². The lowest BCUT2D eigenvalue weighted by Crippen LogP contribution is -2.07. The SMILES string of the molecule is CCCCCCCCCC1C/C=C\CC/C=C\CC(CCCCCCCCC)N=N1. The summed E-state index contributed by atoms with van der Waals surface area (Å²) in [6, 6.07) is 0.800. The molecule has 0 aromatic rings. The Morgan fingerprint density at radius 2 is 0.867 bits per heavy atom. The quantitative estimate of drug-likeness (QED) is 0.176. The predicted octanol–water partition coefficient (Wildman–Crippen LogP) is 10.1. The smallest absolute Gasteiger partial charge is 0.0742 e. The second kappa shape index (κ2) is 21.3. The van der Waals surface area contributed by atoms with E-state index in [-0.39, 0.29) is 0 Å². The van der Waals surface area contributed by atoms with Gasteiger partial charge in [-0.1, -0.05) is 128 Å². The minimum atomic E-state index is 0.400. The van der Waals surface area contributed by atoms with Gasteiger partial charge in [0.1, 0.15) is 0 Å². The zero-order chi connectivity index (χ0) is 21.5. The van der Waals surface area contributed by atoms with Crippen LogP contribution in [0.5, 0.6) is 0 Å². The van der Waals surface area contributed by atoms with Crippen LogP contribution in [0.15, 0.2) is 34.5 Å². The Bertz CT molecular complexity index is 398. The monoisotopic (exact) mass is 416 g/mol. The first-order chi connectivity index (χ1) is 14.9. The van der Waals surface area contributed by atoms with E-state index < -0.39 is 0 Å². The molecule has 2 atom stereocenters. The van der Waals surface area contributed by atoms with Crippen molar-refractivity contribution in [3.63, 3.8) is 0 Å². The van der Waals surface area contributed by atoms with E-state index in [9.17, 15) is 0 Å². The van der Waals surface area contributed by atoms with E-state index in [0.29, 0.717) is 12.1 Å². The first kappa shape index (κ1) is 27.1. The van der Waals surface area contributed by atoms with Crippen LogP contribution in [-0.4, -0.2) is 12.1 Å². The summed E-state index contributed by atoms with van der Waals surface area (Å²) in [7, 11) is 0. The summed E-state index contributed by atoms with van der Waals surface area (Å²) < 4.78 is 0. The van der Waals surface area contributed by atoms with Crippen molar-refractivity contribution < 1.29 is 0 Å². The molecule has 0 aromatic heterocycles. The number of unbranched alkanes of at least 4 members (excludes halogenated alkanes) is 12. The molecule has 0 aromatic carbocycles. The second-order valence-corrected chi connectivity index (χ2v) is 9.35. The number of hydrogen-bond donors (Lipinski definition) is 0. The summed E-state index contributed by atoms with van der Waals surface area (Å²) in [4.78, 5) is 0. The molecule has 1 aliphatic heterocycles. The highest BCUT2D eigenvalue weighted by Crippen LogP contribution is 2.18. The number of rotatable bonds is 16. The largest absolute Gasteiger partial charge is 0.190 e. The molecule has 0 spiro atoms. The minimum absolute atomic E-state index is 0.400. The molecule has 2 nitrogen and oxygen atoms in total. The number of hydrogen-bond acceptors (Lipinski definition) is 2. The van der Waals surface area contributed by atoms with Crippen LogP contribution in [0.2, 0.25) is 0 Å². The summed E-state index contributed by atoms with van der Waals surface area (Å²) in [5.74, 6) is 0. The standard InChI is InChI=1S/C28H52N2/c1-3-5-7-9-11-15-19-23-27-25-21-17-13-14-18-22-26-28(30-29-27)24-20-16-12-10-8-6-4-2/h17-18,21-22,27-28H,3-16,19-20,23-26H2,1-2H3/b21-17-,22-18-,30-29?. The number of allylic oxidation sites excluding steroid dienone is 2. The lowest BCUT2D eigenvalue weighted by Gasteiger charge is -2.13. The fourth-order valence-corrected chi connectivity index (χ4v) is 4.24. The molecular formula is C28H52N2. The van der Waals surface area contributed by atoms with Crippen molar-refractivity contribution in [3.8, 4) is 0 Å². The van der Waals surface area contributed by atoms with Crippen molar-refractivity contribution in [2.45, 2.75) is 154 Å². The summed E-state index contributed by atoms with van der Waals surface area (Å²) in [6.07, 6.45) is 35.6. The average Bonchev–Trinajstić information content (AvgIpc) is 2.75. The van der Waals surface area contributed by atoms with E-state index in [0.717, 1.165) is 12.8 Å². The van der Waals surface area contributed by atoms with Crippen molar-refractivity contribution in [2.24, 2.45) is 10.2 Å². The Morgan fingerprint density at radius 1 is 0.500 bits per heavy atom. The number of azo groups is 1. The zero-order valence-corrected chi connectivity index (χ0v) is 20.5. The average molecular weight is 417 g/mol. The van der Waals surface area contributed by atoms with Crippen molar-refractivity contribution in [2.75, 3.05) is 0 Å². The van der Waals surface area contributed by atoms with E-state index in [4.69, 9.17) is 10.2 Å². The van der Waals surface area contributed by atoms with E-state index in [1.807, 2.05) is 0 Å². The second-order valence-electron chi connectivity index (χ2n) is 9.35. The Kier molecular flexibility index (Phi) is 19.3. The van der Waals surface area contributed by atoms with Gasteiger partial charge in [-0.3, -0.25) is 0 Å². The van der Waals surface area contributed by atoms with Gasteiger partial charge in [0.25, 0.3) is 0 Å². The molecule has 0 bridgehead atoms. The van der Waals surface area contributed by atoms with Gasteiger partial charge in [-0.2, -0.15) is 10.2 Å². The van der Waals surface area contributed by atoms with Crippen LogP contribution in [0.25, 0.3) is 0 Å². The molecule has 2 heteroatoms. The Morgan fingerprint density at radius 3 is 1.27 bits per heavy atom. The van der Waals surface area contributed by atoms with Crippen molar-refractivity contribution in [1.82, 2.24) is 0 Å². The van der Waals surface area contributed by atoms with Crippen LogP contribution in [0.1, 0.15) is 142 Å². The van der Waals surface area contributed by atoms with Gasteiger partial charge in [0.15, 0.2) is 0 Å². The van der Waals surface area contributed by atoms with Crippen LogP contribution in [0.3, 0.4) is 0 Å². The molecular weight excluding hydrogens is 364 g/mol. The molecule has 0 aliphatic carbocycles. The maximum Gasteiger partial charge on any atom is 0.0742 e. The molecule has 30 heavy (non-hydrogen) atoms. The van der Waals surface area contributed by atoms with E-state index in [1.165, 1.54) is 116 Å². The molecule has 1 rings (SSSR count). The molecule has 1 aliphatic rings. The molecule has 2 unspecified atom stereocenters. The molecule has 0 saturated heterocycles. The third kappa shape index (κ3) is 16.8. The third-order valence-electron chi connectivity index (χ3n) is 6.32. The lowest BCUT2D eigenvalue weighted by molar-refractivity contribution is 0.481. The normalized spacial score (nSPS) is 22.3. The molecule has 174 valence electrons. The maximum atomic E-state index is 4.87. The van der Waals surface area contributed by atoms with Crippen LogP contribution in [-0.2, 0) is 0 Å². The van der Waals surface area contributed by atoms with Crippen LogP contribution < -0.4 is 0 Å². The van der Waals surface area contributed by atoms with Gasteiger partial charge < -0.3 is 0 Å². The lowest BCUT2D eigenvalue weighted by atomic mass is 10.0. The van der Waals surface area contributed by atoms with Crippen LogP contribution >= 0.6 is 0 Å². The summed E-state index contributed by atoms with van der Waals surface area (Å²) >= 11 is 0. The van der Waals surface area contributed by atoms with Crippen LogP contribution in [0, 0.1) is 0 Å². The highest BCUT2D eigenvalue weighted by molar-refractivity contribution is 4.92. The molecule has 0 saturated carbocycles. The van der Waals surface area contributed by atoms with Gasteiger partial charge in [-0.15, -0.1) is 0 Å². The molecule has 0 N–H and O–H groups in total. The molecule has 1 heterocycles. The van der Waals surface area contributed by atoms with Crippen LogP contribution in [0.4, 0.5) is 0 Å². The maximum absolute atomic E-state index is 4.87. The van der Waals surface area contributed by atoms with Gasteiger partial charge >= 0.3 is 0 Å². The Balaban J connectivity index is 2.38. The fraction of sp³-hybridized carbons (Fsp3) is 0.857. The van der Waals surface area contributed by atoms with Crippen molar-refractivity contribution in [1.29, 1.82) is 0 Å². The van der Waals surface area contributed by atoms with Gasteiger partial charge in [-0.05, 0) is 38.5 Å². The fourth-order valence-electron chi connectivity index (χ4n) is 4.24. The summed E-state index contributed by atoms with van der Waals surface area (Å²) in [5.41, 5.74) is 0. The Hall–Kier alpha value is -0.920. The van der Waals surface area contributed by atoms with Crippen molar-refractivity contribution >= 4 is 0 Å². The zero-order valence-electron chi connectivity index (χ0n) is 20.5. The Labute approximate surface area is 189 Å². The van der Waals surface area contributed by atoms with Crippen molar-refractivity contribution in [3.05, 3.63) is 24.3 Å². The summed E-state index contributed by atoms with van der Waals surface area (Å²) in [5, 5.41) is 9.73. The first-order valence-corrected chi connectivity index (χ1v) is 13.6. The minimum Gasteiger partial charge on any atom is -0.190 e. The topological polar surface area (TPSA) is 24.7 Å². The van der Waals surface area contributed by atoms with E-state index >= 15 is 0 Å². The van der Waals surface area contributed by atoms with Gasteiger partial charge in [0.05, 0.1) is 12.1 Å². The predicted molar refractivity (Wildman–Crippen MR) is 134 cm³/mol. The third-order valence-corrected chi connectivity index (χ3v) is 6.32. The highest BCUT2D eigenvalue weighted by atomic mass is 15.1. The van der Waals surface area contributed by atoms with Gasteiger partial charge in [0, 0.05) is 0 Å². The highest BCUT2D eigenvalue weighted by Gasteiger charge is 2.09. The van der Waals surface area contributed by atoms with E-state index in [1.54, 1.807) is 0 Å². The van der Waals surface area contributed by atoms with Gasteiger partial charge in [0.2, 0.25) is 0 Å². The molecule has 0 fully saturated rings. The first-order valence-electron chi connectivity index (χ1n) is 13.6. The van der Waals surface area contributed by atoms with E-state index in [2.05, 4.69) is 38.2 Å². The molecule has 0 radical (unpaired) electrons. The molecule has 0 amide bonds. The summed E-state index contributed by atoms with van der Waals surface area (Å²) in [6.45, 7) is 4.58.